The van der Waals surface area contributed by atoms with E-state index >= 15 is 0 Å². The van der Waals surface area contributed by atoms with Crippen molar-refractivity contribution in [2.75, 3.05) is 13.2 Å². The summed E-state index contributed by atoms with van der Waals surface area (Å²) in [6.45, 7) is 4.63. The Kier molecular flexibility index (Phi) is 6.14. The lowest BCUT2D eigenvalue weighted by molar-refractivity contribution is 0.231. The van der Waals surface area contributed by atoms with Gasteiger partial charge in [0.25, 0.3) is 0 Å². The number of hydrogen-bond acceptors (Lipinski definition) is 3. The topological polar surface area (TPSA) is 74.2 Å². The Balaban J connectivity index is 2.32. The average Bonchev–Trinajstić information content (AvgIpc) is 2.38. The number of nitrogens with zero attached hydrogens (tertiary/aromatic N) is 1. The molecule has 1 aromatic rings. The third-order valence-electron chi connectivity index (χ3n) is 2.79. The van der Waals surface area contributed by atoms with Gasteiger partial charge in [-0.25, -0.2) is 4.79 Å². The van der Waals surface area contributed by atoms with Crippen LogP contribution in [0.2, 0.25) is 0 Å². The van der Waals surface area contributed by atoms with Crippen molar-refractivity contribution in [1.82, 2.24) is 15.6 Å². The summed E-state index contributed by atoms with van der Waals surface area (Å²) in [7, 11) is 0. The van der Waals surface area contributed by atoms with Gasteiger partial charge < -0.3 is 15.7 Å². The van der Waals surface area contributed by atoms with E-state index in [0.717, 1.165) is 5.56 Å². The van der Waals surface area contributed by atoms with Crippen LogP contribution in [-0.2, 0) is 0 Å². The van der Waals surface area contributed by atoms with Crippen LogP contribution in [0.1, 0.15) is 31.9 Å². The highest BCUT2D eigenvalue weighted by Crippen LogP contribution is 2.09. The van der Waals surface area contributed by atoms with Crippen molar-refractivity contribution in [2.24, 2.45) is 5.92 Å². The van der Waals surface area contributed by atoms with E-state index in [1.165, 1.54) is 0 Å². The summed E-state index contributed by atoms with van der Waals surface area (Å²) < 4.78 is 0. The van der Waals surface area contributed by atoms with E-state index in [9.17, 15) is 4.79 Å². The molecule has 1 rings (SSSR count). The minimum absolute atomic E-state index is 0.0545. The lowest BCUT2D eigenvalue weighted by Gasteiger charge is -2.16. The van der Waals surface area contributed by atoms with Gasteiger partial charge >= 0.3 is 6.03 Å². The van der Waals surface area contributed by atoms with Crippen molar-refractivity contribution in [2.45, 2.75) is 26.3 Å². The molecular weight excluding hydrogens is 230 g/mol. The molecular formula is C13H21N3O2. The molecule has 3 N–H and O–H groups in total. The van der Waals surface area contributed by atoms with Gasteiger partial charge in [-0.1, -0.05) is 6.92 Å². The van der Waals surface area contributed by atoms with Crippen LogP contribution in [-0.4, -0.2) is 29.3 Å². The van der Waals surface area contributed by atoms with E-state index in [4.69, 9.17) is 5.11 Å². The molecule has 5 nitrogen and oxygen atoms in total. The average molecular weight is 251 g/mol. The predicted molar refractivity (Wildman–Crippen MR) is 70.1 cm³/mol. The van der Waals surface area contributed by atoms with Crippen molar-refractivity contribution < 1.29 is 9.90 Å². The van der Waals surface area contributed by atoms with Gasteiger partial charge in [0.2, 0.25) is 0 Å². The van der Waals surface area contributed by atoms with E-state index < -0.39 is 0 Å². The molecule has 0 bridgehead atoms. The first kappa shape index (κ1) is 14.4. The highest BCUT2D eigenvalue weighted by Gasteiger charge is 2.09. The van der Waals surface area contributed by atoms with Crippen molar-refractivity contribution in [3.05, 3.63) is 30.1 Å². The fourth-order valence-corrected chi connectivity index (χ4v) is 1.57. The zero-order valence-corrected chi connectivity index (χ0v) is 10.9. The first-order valence-corrected chi connectivity index (χ1v) is 6.18. The monoisotopic (exact) mass is 251 g/mol. The second-order valence-corrected chi connectivity index (χ2v) is 4.47. The quantitative estimate of drug-likeness (QED) is 0.716. The maximum Gasteiger partial charge on any atom is 0.315 e. The summed E-state index contributed by atoms with van der Waals surface area (Å²) in [5, 5.41) is 14.4. The Morgan fingerprint density at radius 2 is 2.06 bits per heavy atom. The Labute approximate surface area is 108 Å². The normalized spacial score (nSPS) is 13.7. The number of carbonyl (C=O) groups is 1. The predicted octanol–water partition coefficient (Wildman–Crippen LogP) is 1.46. The van der Waals surface area contributed by atoms with Crippen molar-refractivity contribution in [1.29, 1.82) is 0 Å². The molecule has 0 saturated heterocycles. The Bertz CT molecular complexity index is 357. The van der Waals surface area contributed by atoms with Gasteiger partial charge in [-0.2, -0.15) is 0 Å². The number of urea groups is 1. The molecule has 18 heavy (non-hydrogen) atoms. The fraction of sp³-hybridized carbons (Fsp3) is 0.538. The third-order valence-corrected chi connectivity index (χ3v) is 2.79. The van der Waals surface area contributed by atoms with E-state index in [1.807, 2.05) is 26.0 Å². The summed E-state index contributed by atoms with van der Waals surface area (Å²) in [5.41, 5.74) is 1.02. The van der Waals surface area contributed by atoms with E-state index in [2.05, 4.69) is 15.6 Å². The first-order chi connectivity index (χ1) is 8.63. The highest BCUT2D eigenvalue weighted by molar-refractivity contribution is 5.74. The van der Waals surface area contributed by atoms with Crippen LogP contribution >= 0.6 is 0 Å². The number of carbonyl (C=O) groups excluding carboxylic acids is 1. The van der Waals surface area contributed by atoms with Crippen LogP contribution in [0.25, 0.3) is 0 Å². The summed E-state index contributed by atoms with van der Waals surface area (Å²) >= 11 is 0. The number of aliphatic hydroxyl groups is 1. The van der Waals surface area contributed by atoms with E-state index in [-0.39, 0.29) is 24.6 Å². The smallest absolute Gasteiger partial charge is 0.315 e. The van der Waals surface area contributed by atoms with Crippen LogP contribution in [0.5, 0.6) is 0 Å². The molecule has 0 aliphatic rings. The largest absolute Gasteiger partial charge is 0.396 e. The van der Waals surface area contributed by atoms with Crippen molar-refractivity contribution in [3.8, 4) is 0 Å². The van der Waals surface area contributed by atoms with E-state index in [0.29, 0.717) is 13.0 Å². The van der Waals surface area contributed by atoms with Gasteiger partial charge in [0.15, 0.2) is 0 Å². The molecule has 1 aromatic heterocycles. The minimum atomic E-state index is -0.191. The van der Waals surface area contributed by atoms with Gasteiger partial charge in [0.1, 0.15) is 0 Å². The van der Waals surface area contributed by atoms with Crippen molar-refractivity contribution in [3.63, 3.8) is 0 Å². The lowest BCUT2D eigenvalue weighted by atomic mass is 10.1. The summed E-state index contributed by atoms with van der Waals surface area (Å²) in [4.78, 5) is 15.6. The maximum absolute atomic E-state index is 11.6. The van der Waals surface area contributed by atoms with Crippen LogP contribution in [0.4, 0.5) is 4.79 Å². The molecule has 1 heterocycles. The number of nitrogens with one attached hydrogen (secondary N) is 2. The van der Waals surface area contributed by atoms with Crippen molar-refractivity contribution >= 4 is 6.03 Å². The minimum Gasteiger partial charge on any atom is -0.396 e. The molecule has 5 heteroatoms. The van der Waals surface area contributed by atoms with E-state index in [1.54, 1.807) is 12.4 Å². The molecule has 0 fully saturated rings. The van der Waals surface area contributed by atoms with Gasteiger partial charge in [0.05, 0.1) is 6.04 Å². The molecule has 100 valence electrons. The molecule has 0 aliphatic heterocycles. The first-order valence-electron chi connectivity index (χ1n) is 6.18. The Morgan fingerprint density at radius 3 is 2.67 bits per heavy atom. The molecule has 2 unspecified atom stereocenters. The number of pyridine rings is 1. The molecule has 0 spiro atoms. The number of aromatic nitrogens is 1. The van der Waals surface area contributed by atoms with Gasteiger partial charge in [0, 0.05) is 25.5 Å². The second-order valence-electron chi connectivity index (χ2n) is 4.47. The second kappa shape index (κ2) is 7.66. The summed E-state index contributed by atoms with van der Waals surface area (Å²) in [6.07, 6.45) is 4.10. The van der Waals surface area contributed by atoms with Gasteiger partial charge in [-0.15, -0.1) is 0 Å². The fourth-order valence-electron chi connectivity index (χ4n) is 1.57. The molecule has 0 radical (unpaired) electrons. The van der Waals surface area contributed by atoms with Crippen LogP contribution in [0, 0.1) is 5.92 Å². The maximum atomic E-state index is 11.6. The zero-order valence-electron chi connectivity index (χ0n) is 10.9. The molecule has 0 aliphatic carbocycles. The number of hydrogen-bond donors (Lipinski definition) is 3. The molecule has 0 aromatic carbocycles. The highest BCUT2D eigenvalue weighted by atomic mass is 16.3. The third kappa shape index (κ3) is 5.14. The standard InChI is InChI=1S/C13H21N3O2/c1-10(5-8-17)9-15-13(18)16-11(2)12-3-6-14-7-4-12/h3-4,6-7,10-11,17H,5,8-9H2,1-2H3,(H2,15,16,18). The van der Waals surface area contributed by atoms with Crippen LogP contribution < -0.4 is 10.6 Å². The molecule has 0 saturated carbocycles. The molecule has 2 amide bonds. The number of amides is 2. The number of aliphatic hydroxyl groups excluding tert-OH is 1. The van der Waals surface area contributed by atoms with Gasteiger partial charge in [-0.05, 0) is 37.0 Å². The summed E-state index contributed by atoms with van der Waals surface area (Å²) in [5.74, 6) is 0.275. The Hall–Kier alpha value is -1.62. The van der Waals surface area contributed by atoms with Crippen LogP contribution in [0.3, 0.4) is 0 Å². The molecule has 2 atom stereocenters. The zero-order chi connectivity index (χ0) is 13.4. The summed E-state index contributed by atoms with van der Waals surface area (Å²) in [6, 6.07) is 3.50. The number of rotatable bonds is 6. The van der Waals surface area contributed by atoms with Gasteiger partial charge in [-0.3, -0.25) is 4.98 Å². The van der Waals surface area contributed by atoms with Crippen LogP contribution in [0.15, 0.2) is 24.5 Å². The SMILES string of the molecule is CC(CCO)CNC(=O)NC(C)c1ccncc1. The Morgan fingerprint density at radius 1 is 1.39 bits per heavy atom. The lowest BCUT2D eigenvalue weighted by Crippen LogP contribution is -2.39.